The predicted molar refractivity (Wildman–Crippen MR) is 72.3 cm³/mol. The van der Waals surface area contributed by atoms with Crippen LogP contribution in [0.25, 0.3) is 21.3 Å². The van der Waals surface area contributed by atoms with Gasteiger partial charge in [0, 0.05) is 4.88 Å². The Morgan fingerprint density at radius 2 is 2.06 bits per heavy atom. The molecular formula is C12H9N3O2S. The minimum absolute atomic E-state index is 0.400. The van der Waals surface area contributed by atoms with Crippen molar-refractivity contribution >= 4 is 22.2 Å². The third-order valence-electron chi connectivity index (χ3n) is 2.75. The average molecular weight is 259 g/mol. The SMILES string of the molecule is Nn1c(=O)[nH]c(=O)c2ccc(-c3cccs3)cc21. The molecule has 2 aromatic heterocycles. The third kappa shape index (κ3) is 1.54. The summed E-state index contributed by atoms with van der Waals surface area (Å²) in [6.45, 7) is 0. The van der Waals surface area contributed by atoms with Crippen molar-refractivity contribution in [3.05, 3.63) is 56.5 Å². The van der Waals surface area contributed by atoms with Crippen molar-refractivity contribution in [2.75, 3.05) is 5.84 Å². The summed E-state index contributed by atoms with van der Waals surface area (Å²) in [5, 5.41) is 2.37. The normalized spacial score (nSPS) is 10.9. The van der Waals surface area contributed by atoms with Gasteiger partial charge in [-0.05, 0) is 29.1 Å². The van der Waals surface area contributed by atoms with Gasteiger partial charge >= 0.3 is 5.69 Å². The zero-order valence-corrected chi connectivity index (χ0v) is 10.0. The van der Waals surface area contributed by atoms with Crippen LogP contribution in [0.3, 0.4) is 0 Å². The molecule has 18 heavy (non-hydrogen) atoms. The molecule has 0 saturated carbocycles. The van der Waals surface area contributed by atoms with Gasteiger partial charge in [-0.3, -0.25) is 9.78 Å². The highest BCUT2D eigenvalue weighted by Gasteiger charge is 2.07. The first-order chi connectivity index (χ1) is 8.66. The highest BCUT2D eigenvalue weighted by atomic mass is 32.1. The summed E-state index contributed by atoms with van der Waals surface area (Å²) >= 11 is 1.58. The topological polar surface area (TPSA) is 80.9 Å². The predicted octanol–water partition coefficient (Wildman–Crippen LogP) is 1.13. The van der Waals surface area contributed by atoms with E-state index in [-0.39, 0.29) is 0 Å². The van der Waals surface area contributed by atoms with E-state index in [0.717, 1.165) is 15.1 Å². The van der Waals surface area contributed by atoms with Crippen molar-refractivity contribution in [1.82, 2.24) is 9.66 Å². The van der Waals surface area contributed by atoms with Crippen molar-refractivity contribution in [1.29, 1.82) is 0 Å². The van der Waals surface area contributed by atoms with Crippen LogP contribution < -0.4 is 17.1 Å². The van der Waals surface area contributed by atoms with E-state index >= 15 is 0 Å². The second-order valence-electron chi connectivity index (χ2n) is 3.84. The highest BCUT2D eigenvalue weighted by molar-refractivity contribution is 7.13. The molecule has 0 aliphatic carbocycles. The van der Waals surface area contributed by atoms with Gasteiger partial charge in [0.25, 0.3) is 5.56 Å². The molecule has 0 bridgehead atoms. The monoisotopic (exact) mass is 259 g/mol. The second kappa shape index (κ2) is 3.85. The van der Waals surface area contributed by atoms with Crippen molar-refractivity contribution < 1.29 is 0 Å². The summed E-state index contributed by atoms with van der Waals surface area (Å²) in [5.74, 6) is 5.65. The van der Waals surface area contributed by atoms with Crippen molar-refractivity contribution in [2.45, 2.75) is 0 Å². The van der Waals surface area contributed by atoms with Gasteiger partial charge in [-0.2, -0.15) is 0 Å². The van der Waals surface area contributed by atoms with Crippen molar-refractivity contribution in [3.8, 4) is 10.4 Å². The zero-order valence-electron chi connectivity index (χ0n) is 9.21. The van der Waals surface area contributed by atoms with Gasteiger partial charge in [-0.1, -0.05) is 12.1 Å². The van der Waals surface area contributed by atoms with E-state index in [2.05, 4.69) is 4.98 Å². The molecule has 0 unspecified atom stereocenters. The lowest BCUT2D eigenvalue weighted by atomic mass is 10.1. The largest absolute Gasteiger partial charge is 0.347 e. The molecule has 0 radical (unpaired) electrons. The Morgan fingerprint density at radius 3 is 2.78 bits per heavy atom. The smallest absolute Gasteiger partial charge is 0.335 e. The van der Waals surface area contributed by atoms with Crippen LogP contribution in [0.4, 0.5) is 0 Å². The van der Waals surface area contributed by atoms with Crippen LogP contribution in [0, 0.1) is 0 Å². The molecular weight excluding hydrogens is 250 g/mol. The summed E-state index contributed by atoms with van der Waals surface area (Å²) in [6, 6.07) is 9.17. The molecule has 0 aliphatic heterocycles. The standard InChI is InChI=1S/C12H9N3O2S/c13-15-9-6-7(10-2-1-5-18-10)3-4-8(9)11(16)14-12(15)17/h1-6H,13H2,(H,14,16,17). The Kier molecular flexibility index (Phi) is 2.31. The number of aromatic amines is 1. The molecule has 0 fully saturated rings. The fourth-order valence-electron chi connectivity index (χ4n) is 1.85. The van der Waals surface area contributed by atoms with Crippen LogP contribution >= 0.6 is 11.3 Å². The van der Waals surface area contributed by atoms with E-state index < -0.39 is 11.2 Å². The lowest BCUT2D eigenvalue weighted by Gasteiger charge is -2.05. The fourth-order valence-corrected chi connectivity index (χ4v) is 2.58. The second-order valence-corrected chi connectivity index (χ2v) is 4.79. The highest BCUT2D eigenvalue weighted by Crippen LogP contribution is 2.26. The number of hydrogen-bond acceptors (Lipinski definition) is 4. The Balaban J connectivity index is 2.40. The lowest BCUT2D eigenvalue weighted by molar-refractivity contribution is 0.903. The van der Waals surface area contributed by atoms with Crippen LogP contribution in [0.2, 0.25) is 0 Å². The first-order valence-electron chi connectivity index (χ1n) is 5.25. The van der Waals surface area contributed by atoms with E-state index in [0.29, 0.717) is 10.9 Å². The van der Waals surface area contributed by atoms with E-state index in [4.69, 9.17) is 5.84 Å². The first-order valence-corrected chi connectivity index (χ1v) is 6.13. The number of nitrogens with one attached hydrogen (secondary N) is 1. The van der Waals surface area contributed by atoms with Gasteiger partial charge in [0.2, 0.25) is 0 Å². The molecule has 0 amide bonds. The van der Waals surface area contributed by atoms with E-state index in [1.165, 1.54) is 0 Å². The molecule has 0 aliphatic rings. The maximum absolute atomic E-state index is 11.6. The van der Waals surface area contributed by atoms with Gasteiger partial charge < -0.3 is 5.84 Å². The van der Waals surface area contributed by atoms with Gasteiger partial charge in [-0.15, -0.1) is 11.3 Å². The van der Waals surface area contributed by atoms with E-state index in [1.807, 2.05) is 23.6 Å². The summed E-state index contributed by atoms with van der Waals surface area (Å²) in [7, 11) is 0. The molecule has 3 aromatic rings. The number of nitrogen functional groups attached to an aromatic ring is 1. The maximum atomic E-state index is 11.6. The van der Waals surface area contributed by atoms with Gasteiger partial charge in [0.1, 0.15) is 0 Å². The van der Waals surface area contributed by atoms with Gasteiger partial charge in [-0.25, -0.2) is 9.47 Å². The number of benzene rings is 1. The Morgan fingerprint density at radius 1 is 1.22 bits per heavy atom. The summed E-state index contributed by atoms with van der Waals surface area (Å²) in [6.07, 6.45) is 0. The summed E-state index contributed by atoms with van der Waals surface area (Å²) < 4.78 is 0.952. The van der Waals surface area contributed by atoms with Crippen LogP contribution in [-0.4, -0.2) is 9.66 Å². The number of hydrogen-bond donors (Lipinski definition) is 2. The number of aromatic nitrogens is 2. The molecule has 2 heterocycles. The first kappa shape index (κ1) is 10.8. The van der Waals surface area contributed by atoms with E-state index in [9.17, 15) is 9.59 Å². The fraction of sp³-hybridized carbons (Fsp3) is 0. The minimum Gasteiger partial charge on any atom is -0.335 e. The zero-order chi connectivity index (χ0) is 12.7. The molecule has 3 N–H and O–H groups in total. The lowest BCUT2D eigenvalue weighted by Crippen LogP contribution is -2.34. The molecule has 0 atom stereocenters. The molecule has 90 valence electrons. The molecule has 6 heteroatoms. The third-order valence-corrected chi connectivity index (χ3v) is 3.67. The van der Waals surface area contributed by atoms with Crippen LogP contribution in [0.15, 0.2) is 45.3 Å². The Labute approximate surface area is 105 Å². The Bertz CT molecular complexity index is 831. The molecule has 5 nitrogen and oxygen atoms in total. The summed E-state index contributed by atoms with van der Waals surface area (Å²) in [4.78, 5) is 26.3. The maximum Gasteiger partial charge on any atom is 0.347 e. The molecule has 1 aromatic carbocycles. The molecule has 0 spiro atoms. The number of fused-ring (bicyclic) bond motifs is 1. The molecule has 0 saturated heterocycles. The number of rotatable bonds is 1. The number of nitrogens with zero attached hydrogens (tertiary/aromatic N) is 1. The Hall–Kier alpha value is -2.34. The average Bonchev–Trinajstić information content (AvgIpc) is 2.89. The van der Waals surface area contributed by atoms with Crippen molar-refractivity contribution in [2.24, 2.45) is 0 Å². The minimum atomic E-state index is -0.615. The van der Waals surface area contributed by atoms with Gasteiger partial charge in [0.15, 0.2) is 0 Å². The number of nitrogens with two attached hydrogens (primary N) is 1. The number of thiophene rings is 1. The van der Waals surface area contributed by atoms with Crippen molar-refractivity contribution in [3.63, 3.8) is 0 Å². The van der Waals surface area contributed by atoms with E-state index in [1.54, 1.807) is 23.5 Å². The molecule has 3 rings (SSSR count). The number of H-pyrrole nitrogens is 1. The van der Waals surface area contributed by atoms with Crippen LogP contribution in [0.5, 0.6) is 0 Å². The quantitative estimate of drug-likeness (QED) is 0.643. The van der Waals surface area contributed by atoms with Crippen LogP contribution in [-0.2, 0) is 0 Å². The summed E-state index contributed by atoms with van der Waals surface area (Å²) in [5.41, 5.74) is 0.321. The van der Waals surface area contributed by atoms with Gasteiger partial charge in [0.05, 0.1) is 10.9 Å². The van der Waals surface area contributed by atoms with Crippen LogP contribution in [0.1, 0.15) is 0 Å².